The fraction of sp³-hybridized carbons (Fsp3) is 0.477. The third kappa shape index (κ3) is 17.0. The van der Waals surface area contributed by atoms with Crippen LogP contribution in [-0.2, 0) is 120 Å². The van der Waals surface area contributed by atoms with Crippen LogP contribution in [0.1, 0.15) is 149 Å². The van der Waals surface area contributed by atoms with Crippen molar-refractivity contribution in [1.29, 1.82) is 0 Å². The SMILES string of the molecule is CC(C)OP(=O)(OCc1cccc(CC(=O)N2[C@H](C(=O)O)CC[C@H]2C(=O)O)c1C(C)(C)CC(=O)N(Cc1nn(CC(F)(F)F)c2c(-c3ccc(C#CC(C)(C)S(C)(=O)=O)nc3[C@H](Cc3cc(F)cc(F)c3)NC(=O)Cn3nc(C(F)(F)F)c4c3C(F)(F)[C@@H]3C[C@H]43)ccc(Cl)c12)S(=O)O)OC(C)C. The highest BCUT2D eigenvalue weighted by Gasteiger charge is 2.68. The molecule has 1 unspecified atom stereocenters. The van der Waals surface area contributed by atoms with E-state index in [4.69, 9.17) is 25.2 Å². The van der Waals surface area contributed by atoms with Crippen molar-refractivity contribution >= 4 is 81.1 Å². The largest absolute Gasteiger partial charge is 0.480 e. The second-order valence-corrected chi connectivity index (χ2v) is 32.1. The molecular weight excluding hydrogens is 1450 g/mol. The number of carboxylic acids is 2. The summed E-state index contributed by atoms with van der Waals surface area (Å²) < 4.78 is 231. The van der Waals surface area contributed by atoms with Crippen LogP contribution in [0.2, 0.25) is 5.02 Å². The molecular formula is C65H68ClF10N8O15PS2. The zero-order valence-corrected chi connectivity index (χ0v) is 59.0. The van der Waals surface area contributed by atoms with Gasteiger partial charge in [-0.1, -0.05) is 55.6 Å². The number of sulfone groups is 1. The van der Waals surface area contributed by atoms with Crippen LogP contribution in [0.25, 0.3) is 22.0 Å². The molecule has 2 fully saturated rings. The number of fused-ring (bicyclic) bond motifs is 4. The first-order valence-corrected chi connectivity index (χ1v) is 36.1. The number of halogens is 11. The number of nitrogens with one attached hydrogen (secondary N) is 1. The lowest BCUT2D eigenvalue weighted by Gasteiger charge is -2.33. The number of phosphoric acid groups is 1. The third-order valence-electron chi connectivity index (χ3n) is 17.3. The van der Waals surface area contributed by atoms with Crippen LogP contribution in [0, 0.1) is 29.4 Å². The number of carboxylic acid groups (broad SMARTS) is 2. The van der Waals surface area contributed by atoms with Crippen LogP contribution < -0.4 is 5.32 Å². The Hall–Kier alpha value is -7.84. The van der Waals surface area contributed by atoms with Crippen LogP contribution in [0.4, 0.5) is 43.9 Å². The van der Waals surface area contributed by atoms with Crippen molar-refractivity contribution in [3.63, 3.8) is 0 Å². The topological polar surface area (TPSA) is 309 Å². The van der Waals surface area contributed by atoms with Crippen molar-refractivity contribution in [2.24, 2.45) is 5.92 Å². The van der Waals surface area contributed by atoms with Gasteiger partial charge in [-0.2, -0.15) is 45.3 Å². The number of pyridine rings is 1. The number of carbonyl (C=O) groups is 5. The van der Waals surface area contributed by atoms with Gasteiger partial charge in [0.1, 0.15) is 52.9 Å². The van der Waals surface area contributed by atoms with Gasteiger partial charge < -0.3 is 20.4 Å². The van der Waals surface area contributed by atoms with Crippen molar-refractivity contribution in [2.75, 3.05) is 6.26 Å². The Morgan fingerprint density at radius 1 is 0.873 bits per heavy atom. The van der Waals surface area contributed by atoms with Crippen LogP contribution in [0.3, 0.4) is 0 Å². The number of phosphoric ester groups is 1. The number of amides is 3. The van der Waals surface area contributed by atoms with E-state index in [1.807, 2.05) is 0 Å². The van der Waals surface area contributed by atoms with E-state index in [2.05, 4.69) is 32.3 Å². The standard InChI is InChI=1S/C65H68ClF10N8O15PS2/c1-32(2)98-100(92,99-33(3)4)97-30-36-12-10-11-35(24-50(86)84-47(59(88)89)17-18-48(84)60(90)91)54(36)61(5,6)27-51(87)83(101(93)94)28-46-53-44(66)16-15-41(56(53)82(79-46)31-63(69,70)71)40-14-13-39(19-20-62(7,8)102(9,95)96)77-55(40)45(23-34-21-37(67)25-38(68)22-34)78-49(85)29-81-58-52(57(80-81)65(74,75)76)42-26-43(42)64(58,72)73/h10-16,21-22,25,32-33,42-43,45,47-48H,17-18,23-24,26-31H2,1-9H3,(H,78,85)(H,88,89)(H,90,91)(H,93,94)/t42-,43+,45-,47-,48-/m0/s1. The Morgan fingerprint density at radius 2 is 1.47 bits per heavy atom. The zero-order chi connectivity index (χ0) is 75.6. The number of likely N-dealkylation sites (tertiary alicyclic amines) is 1. The molecule has 0 bridgehead atoms. The van der Waals surface area contributed by atoms with Gasteiger partial charge in [0.05, 0.1) is 59.7 Å². The molecule has 552 valence electrons. The van der Waals surface area contributed by atoms with Crippen molar-refractivity contribution in [2.45, 2.75) is 185 Å². The molecule has 6 aromatic rings. The number of aromatic nitrogens is 5. The fourth-order valence-corrected chi connectivity index (χ4v) is 15.3. The molecule has 23 nitrogen and oxygen atoms in total. The molecule has 37 heteroatoms. The van der Waals surface area contributed by atoms with Gasteiger partial charge in [-0.25, -0.2) is 44.9 Å². The van der Waals surface area contributed by atoms with Gasteiger partial charge in [-0.15, -0.1) is 0 Å². The second kappa shape index (κ2) is 29.0. The molecule has 2 aliphatic carbocycles. The molecule has 0 spiro atoms. The molecule has 1 saturated heterocycles. The van der Waals surface area contributed by atoms with Gasteiger partial charge in [0.15, 0.2) is 15.5 Å². The monoisotopic (exact) mass is 1520 g/mol. The normalized spacial score (nSPS) is 18.2. The first kappa shape index (κ1) is 78.3. The summed E-state index contributed by atoms with van der Waals surface area (Å²) in [6.45, 7) is 6.25. The van der Waals surface area contributed by atoms with E-state index in [0.29, 0.717) is 15.6 Å². The molecule has 3 aromatic heterocycles. The Morgan fingerprint density at radius 3 is 2.03 bits per heavy atom. The van der Waals surface area contributed by atoms with E-state index < -0.39 is 231 Å². The Bertz CT molecular complexity index is 4560. The number of alkyl halides is 8. The molecule has 102 heavy (non-hydrogen) atoms. The Labute approximate surface area is 584 Å². The summed E-state index contributed by atoms with van der Waals surface area (Å²) >= 11 is 3.47. The molecule has 6 atom stereocenters. The van der Waals surface area contributed by atoms with E-state index in [1.165, 1.54) is 73.6 Å². The fourth-order valence-electron chi connectivity index (χ4n) is 12.8. The lowest BCUT2D eigenvalue weighted by molar-refractivity contribution is -0.155. The summed E-state index contributed by atoms with van der Waals surface area (Å²) in [5, 5.41) is 29.3. The van der Waals surface area contributed by atoms with E-state index in [1.54, 1.807) is 0 Å². The summed E-state index contributed by atoms with van der Waals surface area (Å²) in [6.07, 6.45) is -14.2. The second-order valence-electron chi connectivity index (χ2n) is 26.6. The van der Waals surface area contributed by atoms with Gasteiger partial charge in [0.2, 0.25) is 17.7 Å². The molecule has 3 aromatic carbocycles. The third-order valence-corrected chi connectivity index (χ3v) is 22.1. The first-order chi connectivity index (χ1) is 47.1. The summed E-state index contributed by atoms with van der Waals surface area (Å²) in [7, 11) is -8.44. The maximum Gasteiger partial charge on any atom is 0.475 e. The minimum Gasteiger partial charge on any atom is -0.480 e. The molecule has 4 N–H and O–H groups in total. The van der Waals surface area contributed by atoms with Gasteiger partial charge >= 0.3 is 32.1 Å². The minimum absolute atomic E-state index is 0.0226. The molecule has 3 aliphatic rings. The number of carbonyl (C=O) groups excluding carboxylic acids is 3. The average Bonchev–Trinajstić information content (AvgIpc) is 1.51. The van der Waals surface area contributed by atoms with E-state index in [0.717, 1.165) is 42.7 Å². The smallest absolute Gasteiger partial charge is 0.475 e. The van der Waals surface area contributed by atoms with E-state index in [-0.39, 0.29) is 67.3 Å². The quantitative estimate of drug-likeness (QED) is 0.0170. The molecule has 9 rings (SSSR count). The highest BCUT2D eigenvalue weighted by atomic mass is 35.5. The number of benzene rings is 3. The van der Waals surface area contributed by atoms with Crippen LogP contribution >= 0.6 is 19.4 Å². The van der Waals surface area contributed by atoms with Crippen LogP contribution in [-0.4, -0.2) is 132 Å². The molecule has 3 amide bonds. The number of nitrogens with zero attached hydrogens (tertiary/aromatic N) is 7. The highest BCUT2D eigenvalue weighted by Crippen LogP contribution is 2.68. The van der Waals surface area contributed by atoms with Crippen molar-refractivity contribution in [1.82, 2.24) is 39.1 Å². The van der Waals surface area contributed by atoms with Crippen LogP contribution in [0.15, 0.2) is 60.7 Å². The number of aliphatic carboxylic acids is 2. The number of hydrogen-bond donors (Lipinski definition) is 4. The number of hydrogen-bond acceptors (Lipinski definition) is 15. The molecule has 4 heterocycles. The Balaban J connectivity index is 1.17. The molecule has 1 aliphatic heterocycles. The minimum atomic E-state index is -5.28. The van der Waals surface area contributed by atoms with E-state index >= 15 is 35.5 Å². The average molecular weight is 1520 g/mol. The van der Waals surface area contributed by atoms with Gasteiger partial charge in [-0.05, 0) is 137 Å². The summed E-state index contributed by atoms with van der Waals surface area (Å²) in [4.78, 5) is 73.9. The maximum atomic E-state index is 15.8. The lowest BCUT2D eigenvalue weighted by atomic mass is 9.75. The highest BCUT2D eigenvalue weighted by molar-refractivity contribution is 7.92. The Kier molecular flexibility index (Phi) is 22.3. The van der Waals surface area contributed by atoms with Gasteiger partial charge in [0, 0.05) is 46.7 Å². The van der Waals surface area contributed by atoms with Crippen molar-refractivity contribution in [3.8, 4) is 23.0 Å². The molecule has 1 saturated carbocycles. The maximum absolute atomic E-state index is 15.8. The van der Waals surface area contributed by atoms with Crippen molar-refractivity contribution in [3.05, 3.63) is 134 Å². The van der Waals surface area contributed by atoms with Crippen LogP contribution in [0.5, 0.6) is 0 Å². The zero-order valence-electron chi connectivity index (χ0n) is 55.7. The predicted molar refractivity (Wildman–Crippen MR) is 346 cm³/mol. The predicted octanol–water partition coefficient (Wildman–Crippen LogP) is 11.7. The summed E-state index contributed by atoms with van der Waals surface area (Å²) in [5.74, 6) is -10.5. The molecule has 0 radical (unpaired) electrons. The van der Waals surface area contributed by atoms with E-state index in [9.17, 15) is 64.3 Å². The van der Waals surface area contributed by atoms with Crippen molar-refractivity contribution < 1.29 is 113 Å². The summed E-state index contributed by atoms with van der Waals surface area (Å²) in [5.41, 5.74) is -8.23. The lowest BCUT2D eigenvalue weighted by Crippen LogP contribution is -2.48. The summed E-state index contributed by atoms with van der Waals surface area (Å²) in [6, 6.07) is 5.78. The van der Waals surface area contributed by atoms with Gasteiger partial charge in [-0.3, -0.25) is 41.9 Å². The first-order valence-electron chi connectivity index (χ1n) is 31.3. The van der Waals surface area contributed by atoms with Gasteiger partial charge in [0.25, 0.3) is 17.2 Å². The number of rotatable bonds is 26.